The van der Waals surface area contributed by atoms with Crippen LogP contribution in [-0.4, -0.2) is 42.1 Å². The summed E-state index contributed by atoms with van der Waals surface area (Å²) in [5.74, 6) is 2.46. The van der Waals surface area contributed by atoms with Gasteiger partial charge in [0.05, 0.1) is 6.54 Å². The minimum atomic E-state index is 0.0553. The highest BCUT2D eigenvalue weighted by molar-refractivity contribution is 5.81. The number of hydrogen-bond donors (Lipinski definition) is 2. The Morgan fingerprint density at radius 2 is 2.14 bits per heavy atom. The van der Waals surface area contributed by atoms with Crippen LogP contribution in [0.4, 0.5) is 11.6 Å². The lowest BCUT2D eigenvalue weighted by Gasteiger charge is -2.19. The molecule has 1 aromatic heterocycles. The number of aryl methyl sites for hydroxylation is 1. The van der Waals surface area contributed by atoms with E-state index in [4.69, 9.17) is 0 Å². The molecule has 6 nitrogen and oxygen atoms in total. The van der Waals surface area contributed by atoms with Crippen LogP contribution in [0.25, 0.3) is 0 Å². The minimum Gasteiger partial charge on any atom is -0.370 e. The Morgan fingerprint density at radius 3 is 2.76 bits per heavy atom. The average Bonchev–Trinajstić information content (AvgIpc) is 3.28. The monoisotopic (exact) mass is 291 g/mol. The van der Waals surface area contributed by atoms with E-state index in [1.165, 1.54) is 0 Å². The molecule has 1 aliphatic carbocycles. The Kier molecular flexibility index (Phi) is 5.36. The van der Waals surface area contributed by atoms with Crippen molar-refractivity contribution in [3.63, 3.8) is 0 Å². The van der Waals surface area contributed by atoms with Gasteiger partial charge in [-0.3, -0.25) is 4.79 Å². The first-order chi connectivity index (χ1) is 10.1. The molecule has 2 rings (SSSR count). The van der Waals surface area contributed by atoms with Gasteiger partial charge in [0, 0.05) is 32.1 Å². The van der Waals surface area contributed by atoms with Crippen LogP contribution in [-0.2, 0) is 11.2 Å². The molecule has 0 radical (unpaired) electrons. The molecule has 1 amide bonds. The van der Waals surface area contributed by atoms with Gasteiger partial charge in [0.2, 0.25) is 5.91 Å². The van der Waals surface area contributed by atoms with Gasteiger partial charge < -0.3 is 15.5 Å². The van der Waals surface area contributed by atoms with Gasteiger partial charge >= 0.3 is 0 Å². The third kappa shape index (κ3) is 4.88. The maximum Gasteiger partial charge on any atom is 0.239 e. The fourth-order valence-electron chi connectivity index (χ4n) is 1.98. The van der Waals surface area contributed by atoms with Crippen molar-refractivity contribution in [3.05, 3.63) is 11.9 Å². The lowest BCUT2D eigenvalue weighted by atomic mass is 10.3. The molecule has 1 aromatic rings. The van der Waals surface area contributed by atoms with Crippen LogP contribution in [0.5, 0.6) is 0 Å². The Labute approximate surface area is 126 Å². The van der Waals surface area contributed by atoms with E-state index in [1.807, 2.05) is 24.9 Å². The largest absolute Gasteiger partial charge is 0.370 e. The second kappa shape index (κ2) is 7.24. The lowest BCUT2D eigenvalue weighted by Crippen LogP contribution is -2.36. The summed E-state index contributed by atoms with van der Waals surface area (Å²) in [6.45, 7) is 5.35. The van der Waals surface area contributed by atoms with Gasteiger partial charge in [0.15, 0.2) is 0 Å². The molecule has 0 saturated heterocycles. The lowest BCUT2D eigenvalue weighted by molar-refractivity contribution is -0.119. The number of likely N-dealkylation sites (N-methyl/N-ethyl adjacent to an activating group) is 1. The summed E-state index contributed by atoms with van der Waals surface area (Å²) in [6, 6.07) is 2.29. The van der Waals surface area contributed by atoms with Gasteiger partial charge in [-0.25, -0.2) is 9.97 Å². The van der Waals surface area contributed by atoms with Gasteiger partial charge in [0.1, 0.15) is 17.5 Å². The number of carbonyl (C=O) groups is 1. The number of nitrogens with zero attached hydrogens (tertiary/aromatic N) is 3. The van der Waals surface area contributed by atoms with Gasteiger partial charge in [0.25, 0.3) is 0 Å². The molecule has 0 aliphatic heterocycles. The van der Waals surface area contributed by atoms with Crippen LogP contribution in [0, 0.1) is 0 Å². The summed E-state index contributed by atoms with van der Waals surface area (Å²) in [4.78, 5) is 22.7. The first-order valence-electron chi connectivity index (χ1n) is 7.74. The van der Waals surface area contributed by atoms with Crippen molar-refractivity contribution in [1.82, 2.24) is 15.3 Å². The Morgan fingerprint density at radius 1 is 1.38 bits per heavy atom. The van der Waals surface area contributed by atoms with Gasteiger partial charge in [-0.15, -0.1) is 0 Å². The van der Waals surface area contributed by atoms with E-state index in [1.54, 1.807) is 0 Å². The third-order valence-corrected chi connectivity index (χ3v) is 3.35. The van der Waals surface area contributed by atoms with Gasteiger partial charge in [-0.05, 0) is 19.3 Å². The molecular weight excluding hydrogens is 266 g/mol. The molecule has 0 aromatic carbocycles. The highest BCUT2D eigenvalue weighted by atomic mass is 16.2. The van der Waals surface area contributed by atoms with Crippen molar-refractivity contribution >= 4 is 17.5 Å². The summed E-state index contributed by atoms with van der Waals surface area (Å²) in [5.41, 5.74) is 0. The van der Waals surface area contributed by atoms with Crippen molar-refractivity contribution < 1.29 is 4.79 Å². The van der Waals surface area contributed by atoms with E-state index in [9.17, 15) is 4.79 Å². The van der Waals surface area contributed by atoms with Crippen molar-refractivity contribution in [1.29, 1.82) is 0 Å². The van der Waals surface area contributed by atoms with Crippen LogP contribution >= 0.6 is 0 Å². The minimum absolute atomic E-state index is 0.0553. The molecule has 0 unspecified atom stereocenters. The second-order valence-electron chi connectivity index (χ2n) is 5.51. The van der Waals surface area contributed by atoms with Crippen LogP contribution in [0.2, 0.25) is 0 Å². The van der Waals surface area contributed by atoms with E-state index in [2.05, 4.69) is 27.5 Å². The SMILES string of the molecule is CCCNc1cc(N(C)CC(=O)NC2CC2)nc(CC)n1. The van der Waals surface area contributed by atoms with E-state index in [0.29, 0.717) is 12.6 Å². The Bertz CT molecular complexity index is 487. The molecule has 116 valence electrons. The molecular formula is C15H25N5O. The maximum absolute atomic E-state index is 11.9. The predicted octanol–water partition coefficient (Wildman–Crippen LogP) is 1.58. The number of carbonyl (C=O) groups excluding carboxylic acids is 1. The molecule has 1 fully saturated rings. The maximum atomic E-state index is 11.9. The van der Waals surface area contributed by atoms with Gasteiger partial charge in [-0.1, -0.05) is 13.8 Å². The van der Waals surface area contributed by atoms with Crippen LogP contribution < -0.4 is 15.5 Å². The number of rotatable bonds is 8. The number of anilines is 2. The van der Waals surface area contributed by atoms with Crippen LogP contribution in [0.3, 0.4) is 0 Å². The first kappa shape index (κ1) is 15.5. The van der Waals surface area contributed by atoms with Crippen molar-refractivity contribution in [3.8, 4) is 0 Å². The summed E-state index contributed by atoms with van der Waals surface area (Å²) in [5, 5.41) is 6.27. The van der Waals surface area contributed by atoms with E-state index in [0.717, 1.165) is 49.7 Å². The highest BCUT2D eigenvalue weighted by Crippen LogP contribution is 2.19. The quantitative estimate of drug-likeness (QED) is 0.761. The topological polar surface area (TPSA) is 70.2 Å². The summed E-state index contributed by atoms with van der Waals surface area (Å²) in [6.07, 6.45) is 4.03. The Balaban J connectivity index is 2.02. The molecule has 1 aliphatic rings. The number of amides is 1. The Hall–Kier alpha value is -1.85. The molecule has 6 heteroatoms. The summed E-state index contributed by atoms with van der Waals surface area (Å²) < 4.78 is 0. The highest BCUT2D eigenvalue weighted by Gasteiger charge is 2.23. The molecule has 1 heterocycles. The zero-order chi connectivity index (χ0) is 15.2. The smallest absolute Gasteiger partial charge is 0.239 e. The van der Waals surface area contributed by atoms with E-state index >= 15 is 0 Å². The molecule has 0 bridgehead atoms. The fraction of sp³-hybridized carbons (Fsp3) is 0.667. The van der Waals surface area contributed by atoms with Crippen molar-refractivity contribution in [2.45, 2.75) is 45.6 Å². The first-order valence-corrected chi connectivity index (χ1v) is 7.74. The van der Waals surface area contributed by atoms with Crippen molar-refractivity contribution in [2.24, 2.45) is 0 Å². The third-order valence-electron chi connectivity index (χ3n) is 3.35. The number of hydrogen-bond acceptors (Lipinski definition) is 5. The number of aromatic nitrogens is 2. The van der Waals surface area contributed by atoms with Crippen LogP contribution in [0.1, 0.15) is 38.9 Å². The standard InChI is InChI=1S/C15H25N5O/c1-4-8-16-13-9-14(19-12(5-2)18-13)20(3)10-15(21)17-11-6-7-11/h9,11H,4-8,10H2,1-3H3,(H,17,21)(H,16,18,19). The fourth-order valence-corrected chi connectivity index (χ4v) is 1.98. The van der Waals surface area contributed by atoms with E-state index in [-0.39, 0.29) is 5.91 Å². The zero-order valence-electron chi connectivity index (χ0n) is 13.1. The second-order valence-corrected chi connectivity index (χ2v) is 5.51. The number of nitrogens with one attached hydrogen (secondary N) is 2. The zero-order valence-corrected chi connectivity index (χ0v) is 13.1. The normalized spacial score (nSPS) is 13.9. The summed E-state index contributed by atoms with van der Waals surface area (Å²) >= 11 is 0. The van der Waals surface area contributed by atoms with Crippen LogP contribution in [0.15, 0.2) is 6.07 Å². The molecule has 0 spiro atoms. The molecule has 1 saturated carbocycles. The summed E-state index contributed by atoms with van der Waals surface area (Å²) in [7, 11) is 1.89. The van der Waals surface area contributed by atoms with Gasteiger partial charge in [-0.2, -0.15) is 0 Å². The predicted molar refractivity (Wildman–Crippen MR) is 84.6 cm³/mol. The average molecular weight is 291 g/mol. The van der Waals surface area contributed by atoms with Crippen molar-refractivity contribution in [2.75, 3.05) is 30.4 Å². The molecule has 0 atom stereocenters. The molecule has 2 N–H and O–H groups in total. The van der Waals surface area contributed by atoms with E-state index < -0.39 is 0 Å². The molecule has 21 heavy (non-hydrogen) atoms.